The van der Waals surface area contributed by atoms with Crippen molar-refractivity contribution in [2.75, 3.05) is 4.90 Å². The molecule has 57 heavy (non-hydrogen) atoms. The Balaban J connectivity index is 1.17. The lowest BCUT2D eigenvalue weighted by atomic mass is 9.82. The Labute approximate surface area is 332 Å². The van der Waals surface area contributed by atoms with Gasteiger partial charge >= 0.3 is 0 Å². The second-order valence-corrected chi connectivity index (χ2v) is 15.7. The van der Waals surface area contributed by atoms with Crippen molar-refractivity contribution in [3.63, 3.8) is 0 Å². The Morgan fingerprint density at radius 3 is 1.65 bits per heavy atom. The van der Waals surface area contributed by atoms with E-state index in [0.29, 0.717) is 0 Å². The minimum absolute atomic E-state index is 0.152. The highest BCUT2D eigenvalue weighted by Gasteiger charge is 2.36. The van der Waals surface area contributed by atoms with Crippen LogP contribution in [0.25, 0.3) is 77.2 Å². The lowest BCUT2D eigenvalue weighted by Crippen LogP contribution is -2.16. The summed E-state index contributed by atoms with van der Waals surface area (Å²) in [6.07, 6.45) is 0. The monoisotopic (exact) mass is 729 g/mol. The first-order valence-electron chi connectivity index (χ1n) is 19.8. The van der Waals surface area contributed by atoms with Crippen molar-refractivity contribution in [2.45, 2.75) is 19.3 Å². The topological polar surface area (TPSA) is 16.4 Å². The second-order valence-electron chi connectivity index (χ2n) is 15.7. The molecule has 2 heteroatoms. The number of furan rings is 1. The average molecular weight is 730 g/mol. The smallest absolute Gasteiger partial charge is 0.159 e. The molecule has 0 unspecified atom stereocenters. The first-order chi connectivity index (χ1) is 28.0. The van der Waals surface area contributed by atoms with Crippen LogP contribution in [0.1, 0.15) is 25.0 Å². The minimum Gasteiger partial charge on any atom is -0.453 e. The van der Waals surface area contributed by atoms with Crippen LogP contribution in [-0.4, -0.2) is 0 Å². The molecule has 0 N–H and O–H groups in total. The molecule has 0 radical (unpaired) electrons. The SMILES string of the molecule is CC1(C)c2ccccc2-c2ccc(N(c3ccc(-c4ccccc4)cc3)c3cc(-c4ccc(-c5ccccc5)cc4)cc4c3oc3c5ccccc5ccc43)cc21. The maximum Gasteiger partial charge on any atom is 0.159 e. The quantitative estimate of drug-likeness (QED) is 0.169. The molecule has 0 amide bonds. The molecule has 1 aliphatic carbocycles. The largest absolute Gasteiger partial charge is 0.453 e. The molecule has 0 bridgehead atoms. The molecular weight excluding hydrogens is 691 g/mol. The standard InChI is InChI=1S/C55H39NO/c1-55(2)50-20-12-11-19-46(50)47-32-30-44(35-51(47)55)56(43-28-25-39(26-29-43)37-15-7-4-8-16-37)52-34-42(40-23-21-38(22-24-40)36-13-5-3-6-14-36)33-49-48-31-27-41-17-9-10-18-45(41)53(48)57-54(49)52/h3-35H,1-2H3. The van der Waals surface area contributed by atoms with Crippen LogP contribution in [-0.2, 0) is 5.41 Å². The van der Waals surface area contributed by atoms with Crippen molar-refractivity contribution in [1.82, 2.24) is 0 Å². The Bertz CT molecular complexity index is 3120. The highest BCUT2D eigenvalue weighted by Crippen LogP contribution is 2.52. The minimum atomic E-state index is -0.152. The lowest BCUT2D eigenvalue weighted by Gasteiger charge is -2.28. The zero-order chi connectivity index (χ0) is 38.1. The van der Waals surface area contributed by atoms with Crippen LogP contribution in [0.4, 0.5) is 17.1 Å². The van der Waals surface area contributed by atoms with Gasteiger partial charge < -0.3 is 9.32 Å². The summed E-state index contributed by atoms with van der Waals surface area (Å²) in [4.78, 5) is 2.41. The molecule has 0 atom stereocenters. The van der Waals surface area contributed by atoms with E-state index in [9.17, 15) is 0 Å². The molecular formula is C55H39NO. The van der Waals surface area contributed by atoms with Gasteiger partial charge in [0.25, 0.3) is 0 Å². The molecule has 0 saturated carbocycles. The molecule has 2 nitrogen and oxygen atoms in total. The zero-order valence-corrected chi connectivity index (χ0v) is 31.9. The zero-order valence-electron chi connectivity index (χ0n) is 31.9. The van der Waals surface area contributed by atoms with E-state index in [4.69, 9.17) is 4.42 Å². The van der Waals surface area contributed by atoms with E-state index in [1.165, 1.54) is 44.5 Å². The van der Waals surface area contributed by atoms with Gasteiger partial charge in [-0.2, -0.15) is 0 Å². The van der Waals surface area contributed by atoms with E-state index < -0.39 is 0 Å². The van der Waals surface area contributed by atoms with Crippen LogP contribution in [0.15, 0.2) is 205 Å². The molecule has 0 fully saturated rings. The second kappa shape index (κ2) is 13.0. The van der Waals surface area contributed by atoms with Crippen molar-refractivity contribution in [1.29, 1.82) is 0 Å². The molecule has 1 aromatic heterocycles. The van der Waals surface area contributed by atoms with Gasteiger partial charge in [-0.15, -0.1) is 0 Å². The molecule has 270 valence electrons. The number of benzene rings is 9. The van der Waals surface area contributed by atoms with Crippen LogP contribution in [0.5, 0.6) is 0 Å². The van der Waals surface area contributed by atoms with Gasteiger partial charge in [-0.1, -0.05) is 172 Å². The highest BCUT2D eigenvalue weighted by atomic mass is 16.3. The maximum atomic E-state index is 7.12. The predicted molar refractivity (Wildman–Crippen MR) is 240 cm³/mol. The summed E-state index contributed by atoms with van der Waals surface area (Å²) in [6, 6.07) is 72.6. The van der Waals surface area contributed by atoms with Gasteiger partial charge in [-0.3, -0.25) is 0 Å². The summed E-state index contributed by atoms with van der Waals surface area (Å²) < 4.78 is 7.12. The number of rotatable bonds is 6. The first-order valence-corrected chi connectivity index (χ1v) is 19.8. The lowest BCUT2D eigenvalue weighted by molar-refractivity contribution is 0.660. The molecule has 1 heterocycles. The third-order valence-corrected chi connectivity index (χ3v) is 12.1. The van der Waals surface area contributed by atoms with E-state index in [1.54, 1.807) is 0 Å². The maximum absolute atomic E-state index is 7.12. The van der Waals surface area contributed by atoms with Gasteiger partial charge in [-0.05, 0) is 103 Å². The molecule has 0 spiro atoms. The van der Waals surface area contributed by atoms with E-state index in [-0.39, 0.29) is 5.41 Å². The molecule has 0 saturated heterocycles. The van der Waals surface area contributed by atoms with E-state index in [0.717, 1.165) is 60.9 Å². The van der Waals surface area contributed by atoms with Crippen LogP contribution in [0.2, 0.25) is 0 Å². The van der Waals surface area contributed by atoms with Crippen molar-refractivity contribution in [3.8, 4) is 44.5 Å². The third-order valence-electron chi connectivity index (χ3n) is 12.1. The normalized spacial score (nSPS) is 12.9. The van der Waals surface area contributed by atoms with Gasteiger partial charge in [0.05, 0.1) is 5.69 Å². The molecule has 9 aromatic carbocycles. The van der Waals surface area contributed by atoms with E-state index in [2.05, 4.69) is 219 Å². The van der Waals surface area contributed by atoms with Crippen molar-refractivity contribution in [2.24, 2.45) is 0 Å². The Kier molecular flexibility index (Phi) is 7.55. The number of anilines is 3. The fraction of sp³-hybridized carbons (Fsp3) is 0.0545. The van der Waals surface area contributed by atoms with Crippen molar-refractivity contribution < 1.29 is 4.42 Å². The highest BCUT2D eigenvalue weighted by molar-refractivity contribution is 6.18. The van der Waals surface area contributed by atoms with Crippen molar-refractivity contribution in [3.05, 3.63) is 211 Å². The van der Waals surface area contributed by atoms with Crippen LogP contribution >= 0.6 is 0 Å². The van der Waals surface area contributed by atoms with E-state index >= 15 is 0 Å². The fourth-order valence-electron chi connectivity index (χ4n) is 9.10. The van der Waals surface area contributed by atoms with Gasteiger partial charge in [-0.25, -0.2) is 0 Å². The molecule has 1 aliphatic rings. The van der Waals surface area contributed by atoms with Gasteiger partial charge in [0.15, 0.2) is 5.58 Å². The molecule has 0 aliphatic heterocycles. The summed E-state index contributed by atoms with van der Waals surface area (Å²) in [5.41, 5.74) is 17.1. The number of fused-ring (bicyclic) bond motifs is 8. The van der Waals surface area contributed by atoms with Crippen LogP contribution < -0.4 is 4.90 Å². The molecule has 11 rings (SSSR count). The average Bonchev–Trinajstić information content (AvgIpc) is 3.77. The first kappa shape index (κ1) is 33.2. The summed E-state index contributed by atoms with van der Waals surface area (Å²) in [6.45, 7) is 4.70. The Morgan fingerprint density at radius 1 is 0.368 bits per heavy atom. The number of hydrogen-bond acceptors (Lipinski definition) is 2. The summed E-state index contributed by atoms with van der Waals surface area (Å²) in [5.74, 6) is 0. The number of hydrogen-bond donors (Lipinski definition) is 0. The Morgan fingerprint density at radius 2 is 0.930 bits per heavy atom. The summed E-state index contributed by atoms with van der Waals surface area (Å²) in [7, 11) is 0. The Hall–Kier alpha value is -7.16. The van der Waals surface area contributed by atoms with Crippen molar-refractivity contribution >= 4 is 49.8 Å². The van der Waals surface area contributed by atoms with E-state index in [1.807, 2.05) is 0 Å². The van der Waals surface area contributed by atoms with Crippen LogP contribution in [0.3, 0.4) is 0 Å². The summed E-state index contributed by atoms with van der Waals surface area (Å²) in [5, 5.41) is 4.48. The van der Waals surface area contributed by atoms with Gasteiger partial charge in [0, 0.05) is 32.9 Å². The number of nitrogens with zero attached hydrogens (tertiary/aromatic N) is 1. The predicted octanol–water partition coefficient (Wildman–Crippen LogP) is 15.5. The van der Waals surface area contributed by atoms with Crippen LogP contribution in [0, 0.1) is 0 Å². The van der Waals surface area contributed by atoms with Gasteiger partial charge in [0.1, 0.15) is 5.58 Å². The summed E-state index contributed by atoms with van der Waals surface area (Å²) >= 11 is 0. The fourth-order valence-corrected chi connectivity index (χ4v) is 9.10. The van der Waals surface area contributed by atoms with Gasteiger partial charge in [0.2, 0.25) is 0 Å². The molecule has 10 aromatic rings. The third kappa shape index (κ3) is 5.40.